The van der Waals surface area contributed by atoms with Crippen LogP contribution in [0, 0.1) is 11.8 Å². The van der Waals surface area contributed by atoms with Crippen molar-refractivity contribution in [2.45, 2.75) is 19.3 Å². The highest BCUT2D eigenvalue weighted by molar-refractivity contribution is 7.17. The number of aliphatic hydroxyl groups is 1. The zero-order chi connectivity index (χ0) is 13.9. The standard InChI is InChI=1S/C16H19NO2S/c18-9-12-5-3-4-11(12)8-17-16(19)14-10-20-15-7-2-1-6-13(14)15/h1-2,6-7,10-12,18H,3-5,8-9H2,(H,17,19). The van der Waals surface area contributed by atoms with Crippen LogP contribution in [0.1, 0.15) is 29.6 Å². The van der Waals surface area contributed by atoms with Crippen molar-refractivity contribution >= 4 is 27.3 Å². The van der Waals surface area contributed by atoms with Gasteiger partial charge in [0.1, 0.15) is 0 Å². The second-order valence-electron chi connectivity index (χ2n) is 5.49. The van der Waals surface area contributed by atoms with E-state index in [0.29, 0.717) is 18.4 Å². The van der Waals surface area contributed by atoms with Gasteiger partial charge in [0, 0.05) is 28.6 Å². The van der Waals surface area contributed by atoms with Gasteiger partial charge in [-0.1, -0.05) is 24.6 Å². The molecule has 0 aliphatic heterocycles. The molecule has 1 fully saturated rings. The number of fused-ring (bicyclic) bond motifs is 1. The molecule has 0 saturated heterocycles. The van der Waals surface area contributed by atoms with Crippen LogP contribution in [0.3, 0.4) is 0 Å². The normalized spacial score (nSPS) is 22.2. The first kappa shape index (κ1) is 13.6. The predicted molar refractivity (Wildman–Crippen MR) is 82.1 cm³/mol. The van der Waals surface area contributed by atoms with Crippen molar-refractivity contribution in [3.05, 3.63) is 35.2 Å². The van der Waals surface area contributed by atoms with Gasteiger partial charge in [-0.05, 0) is 30.7 Å². The van der Waals surface area contributed by atoms with Gasteiger partial charge in [-0.15, -0.1) is 11.3 Å². The van der Waals surface area contributed by atoms with Crippen molar-refractivity contribution < 1.29 is 9.90 Å². The van der Waals surface area contributed by atoms with Crippen LogP contribution in [-0.2, 0) is 0 Å². The van der Waals surface area contributed by atoms with Crippen LogP contribution in [0.25, 0.3) is 10.1 Å². The lowest BCUT2D eigenvalue weighted by Gasteiger charge is -2.17. The molecule has 20 heavy (non-hydrogen) atoms. The minimum Gasteiger partial charge on any atom is -0.396 e. The van der Waals surface area contributed by atoms with Crippen LogP contribution >= 0.6 is 11.3 Å². The Morgan fingerprint density at radius 1 is 1.30 bits per heavy atom. The maximum Gasteiger partial charge on any atom is 0.252 e. The minimum absolute atomic E-state index is 0.00559. The molecule has 1 aliphatic carbocycles. The van der Waals surface area contributed by atoms with Crippen LogP contribution in [0.4, 0.5) is 0 Å². The lowest BCUT2D eigenvalue weighted by atomic mass is 9.97. The highest BCUT2D eigenvalue weighted by Gasteiger charge is 2.27. The molecule has 1 saturated carbocycles. The molecule has 4 heteroatoms. The summed E-state index contributed by atoms with van der Waals surface area (Å²) in [6.45, 7) is 0.913. The number of thiophene rings is 1. The maximum absolute atomic E-state index is 12.3. The van der Waals surface area contributed by atoms with Gasteiger partial charge in [0.05, 0.1) is 5.56 Å². The number of rotatable bonds is 4. The fourth-order valence-electron chi connectivity index (χ4n) is 3.10. The van der Waals surface area contributed by atoms with Crippen molar-refractivity contribution in [2.75, 3.05) is 13.2 Å². The van der Waals surface area contributed by atoms with E-state index in [1.807, 2.05) is 29.6 Å². The van der Waals surface area contributed by atoms with Gasteiger partial charge in [0.15, 0.2) is 0 Å². The lowest BCUT2D eigenvalue weighted by Crippen LogP contribution is -2.31. The number of aliphatic hydroxyl groups excluding tert-OH is 1. The summed E-state index contributed by atoms with van der Waals surface area (Å²) < 4.78 is 1.15. The summed E-state index contributed by atoms with van der Waals surface area (Å²) in [6.07, 6.45) is 3.35. The summed E-state index contributed by atoms with van der Waals surface area (Å²) in [5.74, 6) is 0.786. The molecule has 3 rings (SSSR count). The van der Waals surface area contributed by atoms with E-state index in [1.54, 1.807) is 11.3 Å². The molecule has 1 aromatic carbocycles. The monoisotopic (exact) mass is 289 g/mol. The van der Waals surface area contributed by atoms with Crippen molar-refractivity contribution in [1.82, 2.24) is 5.32 Å². The first-order valence-electron chi connectivity index (χ1n) is 7.15. The molecule has 1 aliphatic rings. The van der Waals surface area contributed by atoms with Gasteiger partial charge in [0.25, 0.3) is 5.91 Å². The third-order valence-corrected chi connectivity index (χ3v) is 5.26. The Hall–Kier alpha value is -1.39. The lowest BCUT2D eigenvalue weighted by molar-refractivity contribution is 0.0940. The molecular formula is C16H19NO2S. The summed E-state index contributed by atoms with van der Waals surface area (Å²) in [4.78, 5) is 12.3. The highest BCUT2D eigenvalue weighted by atomic mass is 32.1. The van der Waals surface area contributed by atoms with Crippen LogP contribution in [-0.4, -0.2) is 24.2 Å². The van der Waals surface area contributed by atoms with Crippen molar-refractivity contribution in [3.63, 3.8) is 0 Å². The summed E-state index contributed by atoms with van der Waals surface area (Å²) in [5, 5.41) is 15.3. The van der Waals surface area contributed by atoms with E-state index < -0.39 is 0 Å². The number of nitrogens with one attached hydrogen (secondary N) is 1. The van der Waals surface area contributed by atoms with E-state index in [4.69, 9.17) is 0 Å². The summed E-state index contributed by atoms with van der Waals surface area (Å²) in [5.41, 5.74) is 0.768. The third kappa shape index (κ3) is 2.58. The highest BCUT2D eigenvalue weighted by Crippen LogP contribution is 2.31. The number of amides is 1. The molecule has 0 bridgehead atoms. The van der Waals surface area contributed by atoms with Gasteiger partial charge in [-0.3, -0.25) is 4.79 Å². The second-order valence-corrected chi connectivity index (χ2v) is 6.40. The molecule has 1 heterocycles. The fraction of sp³-hybridized carbons (Fsp3) is 0.438. The molecule has 2 atom stereocenters. The van der Waals surface area contributed by atoms with E-state index in [9.17, 15) is 9.90 Å². The Morgan fingerprint density at radius 2 is 2.10 bits per heavy atom. The molecule has 0 spiro atoms. The molecule has 1 amide bonds. The first-order valence-corrected chi connectivity index (χ1v) is 8.03. The van der Waals surface area contributed by atoms with E-state index in [-0.39, 0.29) is 12.5 Å². The van der Waals surface area contributed by atoms with Gasteiger partial charge in [-0.25, -0.2) is 0 Å². The predicted octanol–water partition coefficient (Wildman–Crippen LogP) is 3.04. The minimum atomic E-state index is 0.00559. The Bertz CT molecular complexity index is 607. The van der Waals surface area contributed by atoms with Crippen LogP contribution < -0.4 is 5.32 Å². The Labute approximate surface area is 122 Å². The largest absolute Gasteiger partial charge is 0.396 e. The number of carbonyl (C=O) groups excluding carboxylic acids is 1. The zero-order valence-corrected chi connectivity index (χ0v) is 12.2. The zero-order valence-electron chi connectivity index (χ0n) is 11.3. The number of carbonyl (C=O) groups is 1. The molecule has 1 aromatic heterocycles. The smallest absolute Gasteiger partial charge is 0.252 e. The summed E-state index contributed by atoms with van der Waals surface area (Å²) in [6, 6.07) is 7.98. The summed E-state index contributed by atoms with van der Waals surface area (Å²) in [7, 11) is 0. The van der Waals surface area contributed by atoms with E-state index in [1.165, 1.54) is 0 Å². The SMILES string of the molecule is O=C(NCC1CCCC1CO)c1csc2ccccc12. The molecule has 2 aromatic rings. The number of hydrogen-bond donors (Lipinski definition) is 2. The van der Waals surface area contributed by atoms with Gasteiger partial charge in [-0.2, -0.15) is 0 Å². The number of hydrogen-bond acceptors (Lipinski definition) is 3. The van der Waals surface area contributed by atoms with Crippen LogP contribution in [0.15, 0.2) is 29.6 Å². The van der Waals surface area contributed by atoms with Crippen LogP contribution in [0.5, 0.6) is 0 Å². The topological polar surface area (TPSA) is 49.3 Å². The van der Waals surface area contributed by atoms with Crippen molar-refractivity contribution in [2.24, 2.45) is 11.8 Å². The molecule has 2 unspecified atom stereocenters. The van der Waals surface area contributed by atoms with Gasteiger partial charge >= 0.3 is 0 Å². The molecule has 3 nitrogen and oxygen atoms in total. The fourth-order valence-corrected chi connectivity index (χ4v) is 4.04. The molecule has 106 valence electrons. The summed E-state index contributed by atoms with van der Waals surface area (Å²) >= 11 is 1.60. The molecular weight excluding hydrogens is 270 g/mol. The van der Waals surface area contributed by atoms with Crippen molar-refractivity contribution in [1.29, 1.82) is 0 Å². The average Bonchev–Trinajstić information content (AvgIpc) is 3.11. The number of benzene rings is 1. The maximum atomic E-state index is 12.3. The quantitative estimate of drug-likeness (QED) is 0.909. The Balaban J connectivity index is 1.67. The van der Waals surface area contributed by atoms with Gasteiger partial charge in [0.2, 0.25) is 0 Å². The van der Waals surface area contributed by atoms with E-state index >= 15 is 0 Å². The third-order valence-electron chi connectivity index (χ3n) is 4.30. The van der Waals surface area contributed by atoms with Crippen LogP contribution in [0.2, 0.25) is 0 Å². The van der Waals surface area contributed by atoms with Gasteiger partial charge < -0.3 is 10.4 Å². The van der Waals surface area contributed by atoms with E-state index in [0.717, 1.165) is 34.9 Å². The average molecular weight is 289 g/mol. The van der Waals surface area contributed by atoms with Crippen molar-refractivity contribution in [3.8, 4) is 0 Å². The van der Waals surface area contributed by atoms with E-state index in [2.05, 4.69) is 5.32 Å². The Kier molecular flexibility index (Phi) is 4.03. The molecule has 2 N–H and O–H groups in total. The second kappa shape index (κ2) is 5.94. The first-order chi connectivity index (χ1) is 9.79. The Morgan fingerprint density at radius 3 is 2.95 bits per heavy atom. The molecule has 0 radical (unpaired) electrons.